The molecular weight excluding hydrogens is 223 g/mol. The topological polar surface area (TPSA) is 15.8 Å². The van der Waals surface area contributed by atoms with Gasteiger partial charge in [0.2, 0.25) is 0 Å². The van der Waals surface area contributed by atoms with Crippen LogP contribution in [0.15, 0.2) is 10.7 Å². The summed E-state index contributed by atoms with van der Waals surface area (Å²) in [5.41, 5.74) is -0.498. The molecule has 0 saturated carbocycles. The molecule has 1 rings (SSSR count). The molecular formula is C6H5BrF3N. The number of aromatic nitrogens is 1. The molecule has 0 fully saturated rings. The lowest BCUT2D eigenvalue weighted by atomic mass is 10.2. The average molecular weight is 228 g/mol. The lowest BCUT2D eigenvalue weighted by molar-refractivity contribution is -0.138. The van der Waals surface area contributed by atoms with Crippen molar-refractivity contribution >= 4 is 15.9 Å². The molecule has 1 nitrogen and oxygen atoms in total. The van der Waals surface area contributed by atoms with Gasteiger partial charge in [0.05, 0.1) is 5.56 Å². The molecule has 0 amide bonds. The first kappa shape index (κ1) is 8.64. The van der Waals surface area contributed by atoms with Crippen LogP contribution in [0.2, 0.25) is 0 Å². The van der Waals surface area contributed by atoms with Crippen molar-refractivity contribution in [2.24, 2.45) is 0 Å². The molecule has 1 heterocycles. The van der Waals surface area contributed by atoms with Gasteiger partial charge in [-0.15, -0.1) is 0 Å². The highest BCUT2D eigenvalue weighted by atomic mass is 79.9. The summed E-state index contributed by atoms with van der Waals surface area (Å²) in [6.07, 6.45) is -3.00. The number of hydrogen-bond donors (Lipinski definition) is 1. The van der Waals surface area contributed by atoms with E-state index in [1.165, 1.54) is 13.1 Å². The average Bonchev–Trinajstić information content (AvgIpc) is 2.08. The van der Waals surface area contributed by atoms with Crippen molar-refractivity contribution < 1.29 is 13.2 Å². The molecule has 0 aromatic carbocycles. The van der Waals surface area contributed by atoms with Crippen molar-refractivity contribution in [3.63, 3.8) is 0 Å². The van der Waals surface area contributed by atoms with Gasteiger partial charge in [-0.25, -0.2) is 0 Å². The van der Waals surface area contributed by atoms with Gasteiger partial charge in [-0.05, 0) is 22.9 Å². The van der Waals surface area contributed by atoms with Crippen LogP contribution in [-0.4, -0.2) is 4.98 Å². The van der Waals surface area contributed by atoms with Gasteiger partial charge in [-0.1, -0.05) is 0 Å². The van der Waals surface area contributed by atoms with Crippen LogP contribution in [0.3, 0.4) is 0 Å². The standard InChI is InChI=1S/C6H5BrF3N/c1-3-5(6(8,9)10)4(7)2-11-3/h2,11H,1H3. The van der Waals surface area contributed by atoms with E-state index < -0.39 is 11.7 Å². The Hall–Kier alpha value is -0.450. The summed E-state index contributed by atoms with van der Waals surface area (Å²) in [5.74, 6) is 0. The van der Waals surface area contributed by atoms with Crippen LogP contribution < -0.4 is 0 Å². The van der Waals surface area contributed by atoms with Crippen LogP contribution in [-0.2, 0) is 6.18 Å². The van der Waals surface area contributed by atoms with E-state index in [0.29, 0.717) is 0 Å². The zero-order valence-electron chi connectivity index (χ0n) is 5.59. The second-order valence-corrected chi connectivity index (χ2v) is 2.99. The Balaban J connectivity index is 3.21. The quantitative estimate of drug-likeness (QED) is 0.702. The maximum atomic E-state index is 12.1. The fraction of sp³-hybridized carbons (Fsp3) is 0.333. The number of halogens is 4. The Morgan fingerprint density at radius 3 is 2.18 bits per heavy atom. The summed E-state index contributed by atoms with van der Waals surface area (Å²) < 4.78 is 36.3. The van der Waals surface area contributed by atoms with E-state index in [1.807, 2.05) is 0 Å². The monoisotopic (exact) mass is 227 g/mol. The summed E-state index contributed by atoms with van der Waals surface area (Å²) >= 11 is 2.80. The van der Waals surface area contributed by atoms with E-state index in [4.69, 9.17) is 0 Å². The highest BCUT2D eigenvalue weighted by Crippen LogP contribution is 2.36. The third kappa shape index (κ3) is 1.58. The van der Waals surface area contributed by atoms with Crippen molar-refractivity contribution in [2.45, 2.75) is 13.1 Å². The predicted octanol–water partition coefficient (Wildman–Crippen LogP) is 3.10. The Kier molecular flexibility index (Phi) is 2.00. The first-order valence-electron chi connectivity index (χ1n) is 2.83. The molecule has 0 bridgehead atoms. The zero-order chi connectivity index (χ0) is 8.65. The summed E-state index contributed by atoms with van der Waals surface area (Å²) in [6.45, 7) is 1.38. The van der Waals surface area contributed by atoms with Gasteiger partial charge in [0.15, 0.2) is 0 Å². The maximum Gasteiger partial charge on any atom is 0.419 e. The van der Waals surface area contributed by atoms with Gasteiger partial charge < -0.3 is 4.98 Å². The second kappa shape index (κ2) is 2.55. The Morgan fingerprint density at radius 2 is 2.00 bits per heavy atom. The minimum Gasteiger partial charge on any atom is -0.364 e. The van der Waals surface area contributed by atoms with Crippen LogP contribution in [0.5, 0.6) is 0 Å². The fourth-order valence-corrected chi connectivity index (χ4v) is 1.48. The number of aromatic amines is 1. The van der Waals surface area contributed by atoms with Gasteiger partial charge in [-0.3, -0.25) is 0 Å². The molecule has 1 aromatic rings. The minimum absolute atomic E-state index is 0.0579. The molecule has 0 atom stereocenters. The maximum absolute atomic E-state index is 12.1. The van der Waals surface area contributed by atoms with Crippen LogP contribution >= 0.6 is 15.9 Å². The molecule has 0 aliphatic carbocycles. The number of nitrogens with one attached hydrogen (secondary N) is 1. The number of alkyl halides is 3. The normalized spacial score (nSPS) is 12.1. The fourth-order valence-electron chi connectivity index (χ4n) is 0.843. The van der Waals surface area contributed by atoms with Crippen LogP contribution in [0.4, 0.5) is 13.2 Å². The summed E-state index contributed by atoms with van der Waals surface area (Å²) in [5, 5.41) is 0. The van der Waals surface area contributed by atoms with Gasteiger partial charge in [0, 0.05) is 16.4 Å². The predicted molar refractivity (Wildman–Crippen MR) is 38.2 cm³/mol. The molecule has 62 valence electrons. The van der Waals surface area contributed by atoms with Crippen molar-refractivity contribution in [1.82, 2.24) is 4.98 Å². The molecule has 0 radical (unpaired) electrons. The first-order chi connectivity index (χ1) is 4.93. The number of rotatable bonds is 0. The van der Waals surface area contributed by atoms with Crippen molar-refractivity contribution in [3.8, 4) is 0 Å². The van der Waals surface area contributed by atoms with E-state index in [2.05, 4.69) is 20.9 Å². The smallest absolute Gasteiger partial charge is 0.364 e. The van der Waals surface area contributed by atoms with Gasteiger partial charge in [-0.2, -0.15) is 13.2 Å². The number of H-pyrrole nitrogens is 1. The number of hydrogen-bond acceptors (Lipinski definition) is 0. The van der Waals surface area contributed by atoms with E-state index in [0.717, 1.165) is 0 Å². The summed E-state index contributed by atoms with van der Waals surface area (Å²) in [7, 11) is 0. The molecule has 0 aliphatic rings. The van der Waals surface area contributed by atoms with Crippen LogP contribution in [0, 0.1) is 6.92 Å². The second-order valence-electron chi connectivity index (χ2n) is 2.13. The highest BCUT2D eigenvalue weighted by molar-refractivity contribution is 9.10. The summed E-state index contributed by atoms with van der Waals surface area (Å²) in [6, 6.07) is 0. The molecule has 11 heavy (non-hydrogen) atoms. The molecule has 0 spiro atoms. The van der Waals surface area contributed by atoms with E-state index in [1.54, 1.807) is 0 Å². The molecule has 1 aromatic heterocycles. The Labute approximate surface area is 69.7 Å². The highest BCUT2D eigenvalue weighted by Gasteiger charge is 2.35. The molecule has 1 N–H and O–H groups in total. The lowest BCUT2D eigenvalue weighted by Crippen LogP contribution is -2.05. The molecule has 0 saturated heterocycles. The largest absolute Gasteiger partial charge is 0.419 e. The minimum atomic E-state index is -4.27. The van der Waals surface area contributed by atoms with Gasteiger partial charge in [0.1, 0.15) is 0 Å². The summed E-state index contributed by atoms with van der Waals surface area (Å²) in [4.78, 5) is 2.48. The van der Waals surface area contributed by atoms with Crippen LogP contribution in [0.25, 0.3) is 0 Å². The molecule has 0 aliphatic heterocycles. The van der Waals surface area contributed by atoms with Gasteiger partial charge in [0.25, 0.3) is 0 Å². The van der Waals surface area contributed by atoms with E-state index in [9.17, 15) is 13.2 Å². The third-order valence-corrected chi connectivity index (χ3v) is 1.94. The SMILES string of the molecule is Cc1[nH]cc(Br)c1C(F)(F)F. The van der Waals surface area contributed by atoms with Crippen molar-refractivity contribution in [2.75, 3.05) is 0 Å². The zero-order valence-corrected chi connectivity index (χ0v) is 7.18. The molecule has 0 unspecified atom stereocenters. The van der Waals surface area contributed by atoms with Crippen molar-refractivity contribution in [3.05, 3.63) is 21.9 Å². The Morgan fingerprint density at radius 1 is 1.45 bits per heavy atom. The molecule has 5 heteroatoms. The van der Waals surface area contributed by atoms with Crippen molar-refractivity contribution in [1.29, 1.82) is 0 Å². The third-order valence-electron chi connectivity index (χ3n) is 1.31. The lowest BCUT2D eigenvalue weighted by Gasteiger charge is -2.05. The first-order valence-corrected chi connectivity index (χ1v) is 3.63. The van der Waals surface area contributed by atoms with E-state index in [-0.39, 0.29) is 10.2 Å². The van der Waals surface area contributed by atoms with Crippen LogP contribution in [0.1, 0.15) is 11.3 Å². The van der Waals surface area contributed by atoms with E-state index >= 15 is 0 Å². The van der Waals surface area contributed by atoms with Gasteiger partial charge >= 0.3 is 6.18 Å². The number of aryl methyl sites for hydroxylation is 1. The Bertz CT molecular complexity index is 244.